The van der Waals surface area contributed by atoms with Crippen molar-refractivity contribution in [2.45, 2.75) is 27.3 Å². The number of hydrogen-bond acceptors (Lipinski definition) is 3. The van der Waals surface area contributed by atoms with Gasteiger partial charge in [-0.25, -0.2) is 4.98 Å². The summed E-state index contributed by atoms with van der Waals surface area (Å²) in [7, 11) is 1.97. The summed E-state index contributed by atoms with van der Waals surface area (Å²) in [5.41, 5.74) is 6.51. The summed E-state index contributed by atoms with van der Waals surface area (Å²) in [5, 5.41) is 7.92. The summed E-state index contributed by atoms with van der Waals surface area (Å²) in [6, 6.07) is 6.06. The molecule has 3 aromatic heterocycles. The zero-order chi connectivity index (χ0) is 14.3. The SMILES string of the molecule is Cc1nn(C)c(C)c1NCc1c(C)nc2ccccn12. The maximum atomic E-state index is 4.58. The van der Waals surface area contributed by atoms with Crippen LogP contribution in [0, 0.1) is 20.8 Å². The first-order chi connectivity index (χ1) is 9.58. The molecule has 3 heterocycles. The molecule has 0 fully saturated rings. The first-order valence-corrected chi connectivity index (χ1v) is 6.74. The van der Waals surface area contributed by atoms with Gasteiger partial charge in [-0.15, -0.1) is 0 Å². The van der Waals surface area contributed by atoms with E-state index in [1.165, 1.54) is 5.69 Å². The van der Waals surface area contributed by atoms with Gasteiger partial charge in [0.1, 0.15) is 5.65 Å². The highest BCUT2D eigenvalue weighted by molar-refractivity contribution is 5.53. The Bertz CT molecular complexity index is 766. The van der Waals surface area contributed by atoms with Gasteiger partial charge in [-0.05, 0) is 32.9 Å². The molecule has 0 bridgehead atoms. The molecular weight excluding hydrogens is 250 g/mol. The van der Waals surface area contributed by atoms with Crippen LogP contribution in [0.15, 0.2) is 24.4 Å². The van der Waals surface area contributed by atoms with Crippen molar-refractivity contribution in [1.82, 2.24) is 19.2 Å². The van der Waals surface area contributed by atoms with Gasteiger partial charge in [0.15, 0.2) is 0 Å². The molecule has 0 aromatic carbocycles. The second-order valence-electron chi connectivity index (χ2n) is 5.10. The first-order valence-electron chi connectivity index (χ1n) is 6.74. The Morgan fingerprint density at radius 2 is 1.95 bits per heavy atom. The average Bonchev–Trinajstić information content (AvgIpc) is 2.86. The Labute approximate surface area is 118 Å². The van der Waals surface area contributed by atoms with Crippen molar-refractivity contribution in [2.24, 2.45) is 7.05 Å². The molecule has 3 aromatic rings. The van der Waals surface area contributed by atoms with Crippen LogP contribution in [0.5, 0.6) is 0 Å². The van der Waals surface area contributed by atoms with Crippen LogP contribution in [0.2, 0.25) is 0 Å². The highest BCUT2D eigenvalue weighted by Crippen LogP contribution is 2.20. The molecule has 0 amide bonds. The van der Waals surface area contributed by atoms with E-state index in [2.05, 4.69) is 32.9 Å². The maximum absolute atomic E-state index is 4.58. The molecule has 5 heteroatoms. The van der Waals surface area contributed by atoms with Crippen molar-refractivity contribution in [3.05, 3.63) is 47.2 Å². The van der Waals surface area contributed by atoms with Gasteiger partial charge in [-0.1, -0.05) is 6.07 Å². The molecule has 3 rings (SSSR count). The van der Waals surface area contributed by atoms with Crippen LogP contribution >= 0.6 is 0 Å². The van der Waals surface area contributed by atoms with Crippen molar-refractivity contribution >= 4 is 11.3 Å². The number of rotatable bonds is 3. The quantitative estimate of drug-likeness (QED) is 0.795. The Kier molecular flexibility index (Phi) is 2.97. The third-order valence-electron chi connectivity index (χ3n) is 3.77. The van der Waals surface area contributed by atoms with Gasteiger partial charge in [0, 0.05) is 13.2 Å². The summed E-state index contributed by atoms with van der Waals surface area (Å²) in [6.45, 7) is 6.89. The normalized spacial score (nSPS) is 11.2. The van der Waals surface area contributed by atoms with E-state index in [0.29, 0.717) is 0 Å². The predicted octanol–water partition coefficient (Wildman–Crippen LogP) is 2.61. The topological polar surface area (TPSA) is 47.2 Å². The number of nitrogens with one attached hydrogen (secondary N) is 1. The fourth-order valence-electron chi connectivity index (χ4n) is 2.58. The number of pyridine rings is 1. The van der Waals surface area contributed by atoms with E-state index < -0.39 is 0 Å². The van der Waals surface area contributed by atoms with E-state index in [1.807, 2.05) is 43.8 Å². The molecule has 0 radical (unpaired) electrons. The average molecular weight is 269 g/mol. The fourth-order valence-corrected chi connectivity index (χ4v) is 2.58. The van der Waals surface area contributed by atoms with Crippen LogP contribution in [0.3, 0.4) is 0 Å². The lowest BCUT2D eigenvalue weighted by molar-refractivity contribution is 0.731. The molecule has 0 saturated heterocycles. The number of imidazole rings is 1. The van der Waals surface area contributed by atoms with Crippen LogP contribution in [0.4, 0.5) is 5.69 Å². The van der Waals surface area contributed by atoms with E-state index >= 15 is 0 Å². The summed E-state index contributed by atoms with van der Waals surface area (Å²) < 4.78 is 4.03. The minimum Gasteiger partial charge on any atom is -0.376 e. The first kappa shape index (κ1) is 12.7. The van der Waals surface area contributed by atoms with Crippen molar-refractivity contribution in [1.29, 1.82) is 0 Å². The molecule has 0 spiro atoms. The Morgan fingerprint density at radius 3 is 2.65 bits per heavy atom. The van der Waals surface area contributed by atoms with Gasteiger partial charge in [-0.3, -0.25) is 4.68 Å². The lowest BCUT2D eigenvalue weighted by Gasteiger charge is -2.08. The van der Waals surface area contributed by atoms with E-state index in [9.17, 15) is 0 Å². The number of anilines is 1. The van der Waals surface area contributed by atoms with Gasteiger partial charge < -0.3 is 9.72 Å². The molecule has 0 aliphatic rings. The van der Waals surface area contributed by atoms with E-state index in [-0.39, 0.29) is 0 Å². The van der Waals surface area contributed by atoms with Crippen molar-refractivity contribution in [3.63, 3.8) is 0 Å². The zero-order valence-electron chi connectivity index (χ0n) is 12.3. The van der Waals surface area contributed by atoms with Gasteiger partial charge >= 0.3 is 0 Å². The molecule has 0 aliphatic carbocycles. The smallest absolute Gasteiger partial charge is 0.137 e. The highest BCUT2D eigenvalue weighted by Gasteiger charge is 2.12. The molecule has 20 heavy (non-hydrogen) atoms. The maximum Gasteiger partial charge on any atom is 0.137 e. The number of fused-ring (bicyclic) bond motifs is 1. The van der Waals surface area contributed by atoms with Crippen LogP contribution in [0.1, 0.15) is 22.8 Å². The number of aromatic nitrogens is 4. The van der Waals surface area contributed by atoms with Crippen molar-refractivity contribution in [3.8, 4) is 0 Å². The number of nitrogens with zero attached hydrogens (tertiary/aromatic N) is 4. The number of hydrogen-bond donors (Lipinski definition) is 1. The van der Waals surface area contributed by atoms with Crippen molar-refractivity contribution < 1.29 is 0 Å². The Morgan fingerprint density at radius 1 is 1.15 bits per heavy atom. The molecule has 1 N–H and O–H groups in total. The lowest BCUT2D eigenvalue weighted by Crippen LogP contribution is -2.05. The van der Waals surface area contributed by atoms with Gasteiger partial charge in [0.2, 0.25) is 0 Å². The second kappa shape index (κ2) is 4.67. The summed E-state index contributed by atoms with van der Waals surface area (Å²) in [5.74, 6) is 0. The largest absolute Gasteiger partial charge is 0.376 e. The van der Waals surface area contributed by atoms with Crippen LogP contribution in [-0.4, -0.2) is 19.2 Å². The molecule has 0 aliphatic heterocycles. The predicted molar refractivity (Wildman–Crippen MR) is 79.9 cm³/mol. The third kappa shape index (κ3) is 1.95. The standard InChI is InChI=1S/C15H19N5/c1-10-13(20-8-6-5-7-14(20)17-10)9-16-15-11(2)18-19(4)12(15)3/h5-8,16H,9H2,1-4H3. The van der Waals surface area contributed by atoms with Crippen LogP contribution in [-0.2, 0) is 13.6 Å². The summed E-state index contributed by atoms with van der Waals surface area (Å²) >= 11 is 0. The molecule has 0 unspecified atom stereocenters. The molecule has 104 valence electrons. The molecule has 0 saturated carbocycles. The Balaban J connectivity index is 1.92. The summed E-state index contributed by atoms with van der Waals surface area (Å²) in [4.78, 5) is 4.58. The second-order valence-corrected chi connectivity index (χ2v) is 5.10. The molecule has 0 atom stereocenters. The highest BCUT2D eigenvalue weighted by atomic mass is 15.3. The molecular formula is C15H19N5. The Hall–Kier alpha value is -2.30. The van der Waals surface area contributed by atoms with Gasteiger partial charge in [0.25, 0.3) is 0 Å². The minimum atomic E-state index is 0.740. The van der Waals surface area contributed by atoms with Crippen molar-refractivity contribution in [2.75, 3.05) is 5.32 Å². The minimum absolute atomic E-state index is 0.740. The monoisotopic (exact) mass is 269 g/mol. The zero-order valence-corrected chi connectivity index (χ0v) is 12.3. The van der Waals surface area contributed by atoms with E-state index in [4.69, 9.17) is 0 Å². The third-order valence-corrected chi connectivity index (χ3v) is 3.77. The fraction of sp³-hybridized carbons (Fsp3) is 0.333. The van der Waals surface area contributed by atoms with Gasteiger partial charge in [0.05, 0.1) is 35.0 Å². The van der Waals surface area contributed by atoms with Gasteiger partial charge in [-0.2, -0.15) is 5.10 Å². The molecule has 5 nitrogen and oxygen atoms in total. The lowest BCUT2D eigenvalue weighted by atomic mass is 10.3. The van der Waals surface area contributed by atoms with E-state index in [0.717, 1.165) is 35.0 Å². The summed E-state index contributed by atoms with van der Waals surface area (Å²) in [6.07, 6.45) is 2.05. The van der Waals surface area contributed by atoms with Crippen LogP contribution < -0.4 is 5.32 Å². The number of aryl methyl sites for hydroxylation is 3. The van der Waals surface area contributed by atoms with Crippen LogP contribution in [0.25, 0.3) is 5.65 Å². The van der Waals surface area contributed by atoms with E-state index in [1.54, 1.807) is 0 Å².